The fourth-order valence-electron chi connectivity index (χ4n) is 2.89. The molecule has 140 valence electrons. The van der Waals surface area contributed by atoms with Crippen molar-refractivity contribution in [3.8, 4) is 17.2 Å². The number of carbonyl (C=O) groups excluding carboxylic acids is 1. The highest BCUT2D eigenvalue weighted by Gasteiger charge is 2.32. The summed E-state index contributed by atoms with van der Waals surface area (Å²) in [7, 11) is 3.02. The number of benzene rings is 2. The zero-order valence-corrected chi connectivity index (χ0v) is 15.4. The number of ether oxygens (including phenoxy) is 3. The molecule has 6 heteroatoms. The van der Waals surface area contributed by atoms with Crippen LogP contribution in [0.4, 0.5) is 0 Å². The predicted molar refractivity (Wildman–Crippen MR) is 96.9 cm³/mol. The average molecular weight is 360 g/mol. The summed E-state index contributed by atoms with van der Waals surface area (Å²) in [6.45, 7) is 3.67. The molecule has 0 spiro atoms. The maximum Gasteiger partial charge on any atom is 0.335 e. The van der Waals surface area contributed by atoms with Crippen LogP contribution < -0.4 is 9.47 Å². The first-order valence-corrected chi connectivity index (χ1v) is 8.29. The molecule has 0 fully saturated rings. The quantitative estimate of drug-likeness (QED) is 0.739. The predicted octanol–water partition coefficient (Wildman–Crippen LogP) is 2.77. The number of aryl methyl sites for hydroxylation is 1. The molecule has 0 aromatic heterocycles. The second-order valence-corrected chi connectivity index (χ2v) is 5.83. The fraction of sp³-hybridized carbons (Fsp3) is 0.350. The van der Waals surface area contributed by atoms with E-state index in [0.717, 1.165) is 5.56 Å². The summed E-state index contributed by atoms with van der Waals surface area (Å²) in [5, 5.41) is 20.8. The van der Waals surface area contributed by atoms with Gasteiger partial charge in [0.05, 0.1) is 20.8 Å². The van der Waals surface area contributed by atoms with Crippen LogP contribution in [0.25, 0.3) is 0 Å². The number of aromatic hydroxyl groups is 1. The molecule has 2 N–H and O–H groups in total. The summed E-state index contributed by atoms with van der Waals surface area (Å²) < 4.78 is 15.3. The van der Waals surface area contributed by atoms with Crippen molar-refractivity contribution in [3.63, 3.8) is 0 Å². The van der Waals surface area contributed by atoms with E-state index in [9.17, 15) is 15.0 Å². The van der Waals surface area contributed by atoms with Crippen molar-refractivity contribution < 1.29 is 29.2 Å². The number of methoxy groups -OCH3 is 2. The maximum absolute atomic E-state index is 12.2. The van der Waals surface area contributed by atoms with Crippen molar-refractivity contribution in [1.29, 1.82) is 0 Å². The fourth-order valence-corrected chi connectivity index (χ4v) is 2.89. The van der Waals surface area contributed by atoms with Crippen molar-refractivity contribution >= 4 is 5.97 Å². The van der Waals surface area contributed by atoms with E-state index >= 15 is 0 Å². The van der Waals surface area contributed by atoms with Gasteiger partial charge in [0.2, 0.25) is 0 Å². The second-order valence-electron chi connectivity index (χ2n) is 5.83. The lowest BCUT2D eigenvalue weighted by molar-refractivity contribution is -0.153. The summed E-state index contributed by atoms with van der Waals surface area (Å²) in [4.78, 5) is 12.2. The number of rotatable bonds is 7. The highest BCUT2D eigenvalue weighted by atomic mass is 16.5. The Morgan fingerprint density at radius 1 is 1.12 bits per heavy atom. The first-order valence-electron chi connectivity index (χ1n) is 8.29. The zero-order chi connectivity index (χ0) is 19.3. The lowest BCUT2D eigenvalue weighted by Crippen LogP contribution is -2.31. The van der Waals surface area contributed by atoms with Crippen LogP contribution in [-0.2, 0) is 9.53 Å². The monoisotopic (exact) mass is 360 g/mol. The van der Waals surface area contributed by atoms with Crippen LogP contribution in [0.3, 0.4) is 0 Å². The molecule has 0 aliphatic rings. The second kappa shape index (κ2) is 8.58. The van der Waals surface area contributed by atoms with Crippen molar-refractivity contribution in [3.05, 3.63) is 53.1 Å². The minimum atomic E-state index is -1.42. The molecule has 2 rings (SSSR count). The average Bonchev–Trinajstić information content (AvgIpc) is 2.65. The van der Waals surface area contributed by atoms with Gasteiger partial charge in [-0.15, -0.1) is 0 Å². The molecule has 0 aliphatic carbocycles. The van der Waals surface area contributed by atoms with E-state index in [1.807, 2.05) is 6.92 Å². The Kier molecular flexibility index (Phi) is 6.46. The van der Waals surface area contributed by atoms with Gasteiger partial charge in [0.1, 0.15) is 5.75 Å². The molecule has 0 unspecified atom stereocenters. The van der Waals surface area contributed by atoms with Gasteiger partial charge in [-0.3, -0.25) is 0 Å². The van der Waals surface area contributed by atoms with Gasteiger partial charge in [-0.05, 0) is 54.8 Å². The zero-order valence-electron chi connectivity index (χ0n) is 15.4. The molecule has 26 heavy (non-hydrogen) atoms. The van der Waals surface area contributed by atoms with Crippen LogP contribution in [0.1, 0.15) is 29.5 Å². The Hall–Kier alpha value is -2.73. The summed E-state index contributed by atoms with van der Waals surface area (Å²) in [5.74, 6) is -0.514. The first-order chi connectivity index (χ1) is 12.4. The number of esters is 1. The van der Waals surface area contributed by atoms with E-state index in [4.69, 9.17) is 14.2 Å². The molecular formula is C20H24O6. The molecule has 0 bridgehead atoms. The molecule has 0 radical (unpaired) electrons. The number of phenolic OH excluding ortho intramolecular Hbond substituents is 1. The summed E-state index contributed by atoms with van der Waals surface area (Å²) in [6.07, 6.45) is -1.42. The van der Waals surface area contributed by atoms with Crippen LogP contribution in [0.15, 0.2) is 36.4 Å². The summed E-state index contributed by atoms with van der Waals surface area (Å²) in [6, 6.07) is 10.2. The smallest absolute Gasteiger partial charge is 0.335 e. The Balaban J connectivity index is 2.56. The third kappa shape index (κ3) is 4.08. The first kappa shape index (κ1) is 19.6. The van der Waals surface area contributed by atoms with Crippen molar-refractivity contribution in [2.24, 2.45) is 0 Å². The molecular weight excluding hydrogens is 336 g/mol. The Morgan fingerprint density at radius 2 is 1.77 bits per heavy atom. The molecule has 0 saturated heterocycles. The van der Waals surface area contributed by atoms with Gasteiger partial charge >= 0.3 is 5.97 Å². The number of hydrogen-bond acceptors (Lipinski definition) is 6. The van der Waals surface area contributed by atoms with E-state index in [-0.39, 0.29) is 12.4 Å². The SMILES string of the molecule is CCOC(=O)[C@H](O)[C@H](c1ccc(OC)cc1)c1cc(O)c(OC)cc1C. The maximum atomic E-state index is 12.2. The highest BCUT2D eigenvalue weighted by molar-refractivity contribution is 5.77. The van der Waals surface area contributed by atoms with E-state index < -0.39 is 18.0 Å². The number of hydrogen-bond donors (Lipinski definition) is 2. The molecule has 2 aromatic rings. The van der Waals surface area contributed by atoms with E-state index in [1.54, 1.807) is 44.4 Å². The molecule has 0 heterocycles. The molecule has 6 nitrogen and oxygen atoms in total. The number of phenols is 1. The largest absolute Gasteiger partial charge is 0.504 e. The minimum Gasteiger partial charge on any atom is -0.504 e. The summed E-state index contributed by atoms with van der Waals surface area (Å²) >= 11 is 0. The van der Waals surface area contributed by atoms with E-state index in [1.165, 1.54) is 13.2 Å². The molecule has 2 atom stereocenters. The van der Waals surface area contributed by atoms with Gasteiger partial charge in [-0.25, -0.2) is 4.79 Å². The Morgan fingerprint density at radius 3 is 2.31 bits per heavy atom. The van der Waals surface area contributed by atoms with Gasteiger partial charge in [0.25, 0.3) is 0 Å². The lowest BCUT2D eigenvalue weighted by Gasteiger charge is -2.25. The van der Waals surface area contributed by atoms with Crippen LogP contribution in [-0.4, -0.2) is 43.1 Å². The van der Waals surface area contributed by atoms with E-state index in [0.29, 0.717) is 22.6 Å². The van der Waals surface area contributed by atoms with Crippen molar-refractivity contribution in [2.75, 3.05) is 20.8 Å². The number of aliphatic hydroxyl groups excluding tert-OH is 1. The molecule has 0 amide bonds. The van der Waals surface area contributed by atoms with Gasteiger partial charge in [0, 0.05) is 5.92 Å². The standard InChI is InChI=1S/C20H24O6/c1-5-26-20(23)19(22)18(13-6-8-14(24-3)9-7-13)15-11-16(21)17(25-4)10-12(15)2/h6-11,18-19,21-22H,5H2,1-4H3/t18-,19-/m1/s1. The van der Waals surface area contributed by atoms with Gasteiger partial charge < -0.3 is 24.4 Å². The molecule has 0 aliphatic heterocycles. The number of aliphatic hydroxyl groups is 1. The number of carbonyl (C=O) groups is 1. The third-order valence-corrected chi connectivity index (χ3v) is 4.22. The topological polar surface area (TPSA) is 85.2 Å². The molecule has 2 aromatic carbocycles. The third-order valence-electron chi connectivity index (χ3n) is 4.22. The van der Waals surface area contributed by atoms with Crippen molar-refractivity contribution in [1.82, 2.24) is 0 Å². The summed E-state index contributed by atoms with van der Waals surface area (Å²) in [5.41, 5.74) is 2.07. The normalized spacial score (nSPS) is 13.0. The van der Waals surface area contributed by atoms with Crippen LogP contribution in [0.5, 0.6) is 17.2 Å². The van der Waals surface area contributed by atoms with Crippen molar-refractivity contribution in [2.45, 2.75) is 25.9 Å². The Bertz CT molecular complexity index is 754. The highest BCUT2D eigenvalue weighted by Crippen LogP contribution is 2.37. The van der Waals surface area contributed by atoms with Gasteiger partial charge in [0.15, 0.2) is 17.6 Å². The van der Waals surface area contributed by atoms with Crippen LogP contribution >= 0.6 is 0 Å². The van der Waals surface area contributed by atoms with Crippen LogP contribution in [0, 0.1) is 6.92 Å². The van der Waals surface area contributed by atoms with Gasteiger partial charge in [-0.2, -0.15) is 0 Å². The van der Waals surface area contributed by atoms with Gasteiger partial charge in [-0.1, -0.05) is 12.1 Å². The minimum absolute atomic E-state index is 0.0670. The van der Waals surface area contributed by atoms with E-state index in [2.05, 4.69) is 0 Å². The Labute approximate surface area is 152 Å². The molecule has 0 saturated carbocycles. The lowest BCUT2D eigenvalue weighted by atomic mass is 9.84. The van der Waals surface area contributed by atoms with Crippen LogP contribution in [0.2, 0.25) is 0 Å².